The van der Waals surface area contributed by atoms with E-state index in [9.17, 15) is 13.2 Å². The fourth-order valence-corrected chi connectivity index (χ4v) is 5.26. The van der Waals surface area contributed by atoms with Gasteiger partial charge < -0.3 is 9.64 Å². The zero-order valence-electron chi connectivity index (χ0n) is 17.4. The number of methoxy groups -OCH3 is 1. The van der Waals surface area contributed by atoms with Gasteiger partial charge in [0.2, 0.25) is 15.9 Å². The molecule has 0 N–H and O–H groups in total. The molecule has 1 aliphatic heterocycles. The molecule has 1 amide bonds. The number of carbonyl (C=O) groups excluding carboxylic acids is 1. The number of hydrogen-bond acceptors (Lipinski definition) is 4. The van der Waals surface area contributed by atoms with E-state index in [2.05, 4.69) is 0 Å². The average molecular weight is 417 g/mol. The first-order valence-electron chi connectivity index (χ1n) is 9.73. The minimum atomic E-state index is -3.65. The molecule has 2 aromatic rings. The van der Waals surface area contributed by atoms with Crippen molar-refractivity contribution in [2.24, 2.45) is 5.92 Å². The minimum absolute atomic E-state index is 0.0478. The highest BCUT2D eigenvalue weighted by Crippen LogP contribution is 2.28. The van der Waals surface area contributed by atoms with Crippen LogP contribution >= 0.6 is 0 Å². The van der Waals surface area contributed by atoms with Crippen molar-refractivity contribution in [1.82, 2.24) is 4.31 Å². The number of piperidine rings is 1. The molecular weight excluding hydrogens is 388 g/mol. The van der Waals surface area contributed by atoms with E-state index in [4.69, 9.17) is 4.74 Å². The van der Waals surface area contributed by atoms with Gasteiger partial charge >= 0.3 is 0 Å². The third-order valence-corrected chi connectivity index (χ3v) is 7.37. The monoisotopic (exact) mass is 416 g/mol. The molecule has 2 aromatic carbocycles. The number of carbonyl (C=O) groups is 1. The Morgan fingerprint density at radius 1 is 1.14 bits per heavy atom. The molecule has 7 heteroatoms. The third-order valence-electron chi connectivity index (χ3n) is 5.49. The SMILES string of the molecule is COc1ccc(S(=O)(=O)N2CCCC(C(=O)N(C)c3cc(C)ccc3C)C2)cc1. The first kappa shape index (κ1) is 21.3. The lowest BCUT2D eigenvalue weighted by Crippen LogP contribution is -2.46. The normalized spacial score (nSPS) is 17.7. The second-order valence-electron chi connectivity index (χ2n) is 7.56. The summed E-state index contributed by atoms with van der Waals surface area (Å²) >= 11 is 0. The molecule has 0 saturated carbocycles. The van der Waals surface area contributed by atoms with Gasteiger partial charge in [0.15, 0.2) is 0 Å². The van der Waals surface area contributed by atoms with Crippen LogP contribution in [0.5, 0.6) is 5.75 Å². The number of amides is 1. The number of aryl methyl sites for hydroxylation is 2. The third kappa shape index (κ3) is 4.46. The van der Waals surface area contributed by atoms with Gasteiger partial charge in [-0.05, 0) is 68.1 Å². The van der Waals surface area contributed by atoms with Gasteiger partial charge in [0.1, 0.15) is 5.75 Å². The van der Waals surface area contributed by atoms with Crippen molar-refractivity contribution in [3.8, 4) is 5.75 Å². The van der Waals surface area contributed by atoms with Crippen LogP contribution in [0.15, 0.2) is 47.4 Å². The predicted molar refractivity (Wildman–Crippen MR) is 114 cm³/mol. The topological polar surface area (TPSA) is 66.9 Å². The molecule has 1 aliphatic rings. The Morgan fingerprint density at radius 2 is 1.83 bits per heavy atom. The van der Waals surface area contributed by atoms with Crippen molar-refractivity contribution in [1.29, 1.82) is 0 Å². The molecule has 156 valence electrons. The molecule has 0 aromatic heterocycles. The summed E-state index contributed by atoms with van der Waals surface area (Å²) in [6, 6.07) is 12.4. The van der Waals surface area contributed by atoms with E-state index in [1.54, 1.807) is 36.2 Å². The van der Waals surface area contributed by atoms with Crippen molar-refractivity contribution in [3.63, 3.8) is 0 Å². The number of anilines is 1. The Kier molecular flexibility index (Phi) is 6.29. The second-order valence-corrected chi connectivity index (χ2v) is 9.50. The van der Waals surface area contributed by atoms with Gasteiger partial charge in [-0.15, -0.1) is 0 Å². The first-order valence-corrected chi connectivity index (χ1v) is 11.2. The molecule has 29 heavy (non-hydrogen) atoms. The maximum absolute atomic E-state index is 13.1. The molecule has 0 bridgehead atoms. The van der Waals surface area contributed by atoms with E-state index in [0.29, 0.717) is 25.1 Å². The zero-order valence-corrected chi connectivity index (χ0v) is 18.2. The van der Waals surface area contributed by atoms with Crippen LogP contribution in [-0.4, -0.2) is 45.9 Å². The number of ether oxygens (including phenoxy) is 1. The van der Waals surface area contributed by atoms with Crippen LogP contribution in [0.1, 0.15) is 24.0 Å². The van der Waals surface area contributed by atoms with Crippen LogP contribution in [0, 0.1) is 19.8 Å². The first-order chi connectivity index (χ1) is 13.7. The van der Waals surface area contributed by atoms with Gasteiger partial charge in [-0.3, -0.25) is 4.79 Å². The highest BCUT2D eigenvalue weighted by Gasteiger charge is 2.34. The molecular formula is C22H28N2O4S. The number of rotatable bonds is 5. The fourth-order valence-electron chi connectivity index (χ4n) is 3.73. The smallest absolute Gasteiger partial charge is 0.243 e. The van der Waals surface area contributed by atoms with Crippen LogP contribution in [0.2, 0.25) is 0 Å². The van der Waals surface area contributed by atoms with Crippen LogP contribution in [0.25, 0.3) is 0 Å². The average Bonchev–Trinajstić information content (AvgIpc) is 2.74. The number of hydrogen-bond donors (Lipinski definition) is 0. The largest absolute Gasteiger partial charge is 0.497 e. The Balaban J connectivity index is 1.78. The Hall–Kier alpha value is -2.38. The predicted octanol–water partition coefficient (Wildman–Crippen LogP) is 3.38. The van der Waals surface area contributed by atoms with Crippen LogP contribution in [0.3, 0.4) is 0 Å². The van der Waals surface area contributed by atoms with E-state index in [-0.39, 0.29) is 23.3 Å². The van der Waals surface area contributed by atoms with Crippen LogP contribution in [-0.2, 0) is 14.8 Å². The van der Waals surface area contributed by atoms with Crippen LogP contribution < -0.4 is 9.64 Å². The summed E-state index contributed by atoms with van der Waals surface area (Å²) in [5.41, 5.74) is 2.97. The van der Waals surface area contributed by atoms with Gasteiger partial charge in [0.05, 0.1) is 17.9 Å². The standard InChI is InChI=1S/C22H28N2O4S/c1-16-7-8-17(2)21(14-16)23(3)22(25)18-6-5-13-24(15-18)29(26,27)20-11-9-19(28-4)10-12-20/h7-12,14,18H,5-6,13,15H2,1-4H3. The quantitative estimate of drug-likeness (QED) is 0.749. The highest BCUT2D eigenvalue weighted by atomic mass is 32.2. The van der Waals surface area contributed by atoms with E-state index in [1.165, 1.54) is 11.4 Å². The summed E-state index contributed by atoms with van der Waals surface area (Å²) < 4.78 is 32.6. The molecule has 1 fully saturated rings. The zero-order chi connectivity index (χ0) is 21.2. The fraction of sp³-hybridized carbons (Fsp3) is 0.409. The van der Waals surface area contributed by atoms with Crippen LogP contribution in [0.4, 0.5) is 5.69 Å². The summed E-state index contributed by atoms with van der Waals surface area (Å²) in [7, 11) is -0.348. The van der Waals surface area contributed by atoms with Crippen molar-refractivity contribution >= 4 is 21.6 Å². The molecule has 0 spiro atoms. The van der Waals surface area contributed by atoms with Gasteiger partial charge in [0.25, 0.3) is 0 Å². The molecule has 1 atom stereocenters. The lowest BCUT2D eigenvalue weighted by molar-refractivity contribution is -0.123. The molecule has 0 radical (unpaired) electrons. The minimum Gasteiger partial charge on any atom is -0.497 e. The van der Waals surface area contributed by atoms with Crippen molar-refractivity contribution in [3.05, 3.63) is 53.6 Å². The molecule has 0 aliphatic carbocycles. The van der Waals surface area contributed by atoms with Gasteiger partial charge in [-0.1, -0.05) is 12.1 Å². The Bertz CT molecular complexity index is 986. The van der Waals surface area contributed by atoms with Gasteiger partial charge in [-0.25, -0.2) is 8.42 Å². The summed E-state index contributed by atoms with van der Waals surface area (Å²) in [6.45, 7) is 4.58. The van der Waals surface area contributed by atoms with Crippen molar-refractivity contribution < 1.29 is 17.9 Å². The summed E-state index contributed by atoms with van der Waals surface area (Å²) in [4.78, 5) is 15.0. The maximum atomic E-state index is 13.1. The summed E-state index contributed by atoms with van der Waals surface area (Å²) in [5.74, 6) is 0.195. The van der Waals surface area contributed by atoms with E-state index in [0.717, 1.165) is 16.8 Å². The molecule has 3 rings (SSSR count). The summed E-state index contributed by atoms with van der Waals surface area (Å²) in [6.07, 6.45) is 1.34. The van der Waals surface area contributed by atoms with Crippen molar-refractivity contribution in [2.45, 2.75) is 31.6 Å². The summed E-state index contributed by atoms with van der Waals surface area (Å²) in [5, 5.41) is 0. The molecule has 6 nitrogen and oxygen atoms in total. The van der Waals surface area contributed by atoms with Gasteiger partial charge in [0, 0.05) is 25.8 Å². The number of nitrogens with zero attached hydrogens (tertiary/aromatic N) is 2. The van der Waals surface area contributed by atoms with E-state index in [1.807, 2.05) is 32.0 Å². The van der Waals surface area contributed by atoms with Gasteiger partial charge in [-0.2, -0.15) is 4.31 Å². The highest BCUT2D eigenvalue weighted by molar-refractivity contribution is 7.89. The molecule has 1 saturated heterocycles. The van der Waals surface area contributed by atoms with Crippen molar-refractivity contribution in [2.75, 3.05) is 32.1 Å². The lowest BCUT2D eigenvalue weighted by Gasteiger charge is -2.33. The van der Waals surface area contributed by atoms with E-state index < -0.39 is 10.0 Å². The Morgan fingerprint density at radius 3 is 2.48 bits per heavy atom. The number of sulfonamides is 1. The molecule has 1 unspecified atom stereocenters. The number of benzene rings is 2. The second kappa shape index (κ2) is 8.55. The van der Waals surface area contributed by atoms with E-state index >= 15 is 0 Å². The maximum Gasteiger partial charge on any atom is 0.243 e. The Labute approximate surface area is 173 Å². The molecule has 1 heterocycles. The lowest BCUT2D eigenvalue weighted by atomic mass is 9.97.